The molecule has 0 heterocycles. The van der Waals surface area contributed by atoms with E-state index >= 15 is 0 Å². The SMILES string of the molecule is COC(=O)c1cccc(C(=O)C(C)CBr)c1. The lowest BCUT2D eigenvalue weighted by molar-refractivity contribution is 0.0600. The smallest absolute Gasteiger partial charge is 0.337 e. The molecule has 1 atom stereocenters. The number of halogens is 1. The molecule has 16 heavy (non-hydrogen) atoms. The monoisotopic (exact) mass is 284 g/mol. The highest BCUT2D eigenvalue weighted by Crippen LogP contribution is 2.13. The summed E-state index contributed by atoms with van der Waals surface area (Å²) in [5.41, 5.74) is 0.935. The van der Waals surface area contributed by atoms with Crippen LogP contribution in [0.1, 0.15) is 27.6 Å². The van der Waals surface area contributed by atoms with Gasteiger partial charge in [0.2, 0.25) is 0 Å². The Morgan fingerprint density at radius 3 is 2.56 bits per heavy atom. The van der Waals surface area contributed by atoms with Crippen LogP contribution in [0.3, 0.4) is 0 Å². The van der Waals surface area contributed by atoms with Crippen molar-refractivity contribution in [1.82, 2.24) is 0 Å². The maximum absolute atomic E-state index is 11.9. The number of esters is 1. The van der Waals surface area contributed by atoms with Crippen LogP contribution in [-0.4, -0.2) is 24.2 Å². The van der Waals surface area contributed by atoms with E-state index in [-0.39, 0.29) is 11.7 Å². The summed E-state index contributed by atoms with van der Waals surface area (Å²) in [5, 5.41) is 0.605. The van der Waals surface area contributed by atoms with E-state index in [2.05, 4.69) is 20.7 Å². The van der Waals surface area contributed by atoms with Gasteiger partial charge in [-0.15, -0.1) is 0 Å². The van der Waals surface area contributed by atoms with Crippen LogP contribution in [0.5, 0.6) is 0 Å². The number of carbonyl (C=O) groups excluding carboxylic acids is 2. The normalized spacial score (nSPS) is 11.9. The number of hydrogen-bond acceptors (Lipinski definition) is 3. The second kappa shape index (κ2) is 5.80. The molecule has 1 aromatic carbocycles. The van der Waals surface area contributed by atoms with Crippen molar-refractivity contribution < 1.29 is 14.3 Å². The number of ether oxygens (including phenoxy) is 1. The predicted molar refractivity (Wildman–Crippen MR) is 65.1 cm³/mol. The molecule has 0 fully saturated rings. The Bertz CT molecular complexity index is 401. The van der Waals surface area contributed by atoms with E-state index < -0.39 is 5.97 Å². The maximum Gasteiger partial charge on any atom is 0.337 e. The Labute approximate surface area is 103 Å². The third kappa shape index (κ3) is 2.92. The van der Waals surface area contributed by atoms with Gasteiger partial charge in [-0.2, -0.15) is 0 Å². The highest BCUT2D eigenvalue weighted by Gasteiger charge is 2.15. The molecule has 1 rings (SSSR count). The molecular weight excluding hydrogens is 272 g/mol. The molecule has 3 nitrogen and oxygen atoms in total. The van der Waals surface area contributed by atoms with Gasteiger partial charge in [0, 0.05) is 16.8 Å². The topological polar surface area (TPSA) is 43.4 Å². The number of rotatable bonds is 4. The van der Waals surface area contributed by atoms with Crippen LogP contribution >= 0.6 is 15.9 Å². The van der Waals surface area contributed by atoms with Gasteiger partial charge in [-0.3, -0.25) is 4.79 Å². The molecule has 86 valence electrons. The fraction of sp³-hybridized carbons (Fsp3) is 0.333. The summed E-state index contributed by atoms with van der Waals surface area (Å²) in [4.78, 5) is 23.1. The van der Waals surface area contributed by atoms with Crippen molar-refractivity contribution in [3.8, 4) is 0 Å². The van der Waals surface area contributed by atoms with Crippen molar-refractivity contribution in [3.05, 3.63) is 35.4 Å². The van der Waals surface area contributed by atoms with Gasteiger partial charge in [-0.1, -0.05) is 35.0 Å². The highest BCUT2D eigenvalue weighted by atomic mass is 79.9. The Hall–Kier alpha value is -1.16. The van der Waals surface area contributed by atoms with Crippen molar-refractivity contribution in [3.63, 3.8) is 0 Å². The van der Waals surface area contributed by atoms with Crippen molar-refractivity contribution in [1.29, 1.82) is 0 Å². The summed E-state index contributed by atoms with van der Waals surface area (Å²) in [6, 6.07) is 6.57. The van der Waals surface area contributed by atoms with Gasteiger partial charge in [0.05, 0.1) is 12.7 Å². The number of Topliss-reactive ketones (excluding diaryl/α,β-unsaturated/α-hetero) is 1. The number of alkyl halides is 1. The molecule has 0 spiro atoms. The molecule has 0 saturated heterocycles. The first kappa shape index (κ1) is 12.9. The standard InChI is InChI=1S/C12H13BrO3/c1-8(7-13)11(14)9-4-3-5-10(6-9)12(15)16-2/h3-6,8H,7H2,1-2H3. The number of carbonyl (C=O) groups is 2. The average molecular weight is 285 g/mol. The molecule has 1 unspecified atom stereocenters. The van der Waals surface area contributed by atoms with Gasteiger partial charge in [-0.05, 0) is 12.1 Å². The highest BCUT2D eigenvalue weighted by molar-refractivity contribution is 9.09. The Balaban J connectivity index is 2.99. The van der Waals surface area contributed by atoms with E-state index in [4.69, 9.17) is 0 Å². The number of ketones is 1. The Morgan fingerprint density at radius 1 is 1.38 bits per heavy atom. The van der Waals surface area contributed by atoms with Gasteiger partial charge in [-0.25, -0.2) is 4.79 Å². The molecule has 0 aliphatic carbocycles. The molecule has 0 saturated carbocycles. The van der Waals surface area contributed by atoms with Gasteiger partial charge >= 0.3 is 5.97 Å². The summed E-state index contributed by atoms with van der Waals surface area (Å²) >= 11 is 3.26. The molecule has 0 amide bonds. The molecule has 0 bridgehead atoms. The summed E-state index contributed by atoms with van der Waals surface area (Å²) in [5.74, 6) is -0.517. The second-order valence-corrected chi connectivity index (χ2v) is 4.14. The lowest BCUT2D eigenvalue weighted by Gasteiger charge is -2.07. The first-order valence-electron chi connectivity index (χ1n) is 4.88. The Kier molecular flexibility index (Phi) is 4.68. The van der Waals surface area contributed by atoms with Crippen LogP contribution in [0.4, 0.5) is 0 Å². The fourth-order valence-electron chi connectivity index (χ4n) is 1.27. The minimum absolute atomic E-state index is 0.0163. The minimum Gasteiger partial charge on any atom is -0.465 e. The van der Waals surface area contributed by atoms with Gasteiger partial charge in [0.25, 0.3) is 0 Å². The van der Waals surface area contributed by atoms with Crippen molar-refractivity contribution in [2.45, 2.75) is 6.92 Å². The molecule has 0 radical (unpaired) electrons. The lowest BCUT2D eigenvalue weighted by atomic mass is 9.99. The molecule has 4 heteroatoms. The zero-order chi connectivity index (χ0) is 12.1. The zero-order valence-electron chi connectivity index (χ0n) is 9.20. The number of hydrogen-bond donors (Lipinski definition) is 0. The van der Waals surface area contributed by atoms with Crippen molar-refractivity contribution in [2.75, 3.05) is 12.4 Å². The van der Waals surface area contributed by atoms with E-state index in [0.717, 1.165) is 0 Å². The van der Waals surface area contributed by atoms with Crippen molar-refractivity contribution >= 4 is 27.7 Å². The minimum atomic E-state index is -0.429. The van der Waals surface area contributed by atoms with Crippen LogP contribution in [0.15, 0.2) is 24.3 Å². The van der Waals surface area contributed by atoms with E-state index in [1.807, 2.05) is 6.92 Å². The van der Waals surface area contributed by atoms with Crippen LogP contribution in [0.25, 0.3) is 0 Å². The van der Waals surface area contributed by atoms with Gasteiger partial charge < -0.3 is 4.74 Å². The summed E-state index contributed by atoms with van der Waals surface area (Å²) < 4.78 is 4.60. The summed E-state index contributed by atoms with van der Waals surface area (Å²) in [6.45, 7) is 1.84. The summed E-state index contributed by atoms with van der Waals surface area (Å²) in [6.07, 6.45) is 0. The quantitative estimate of drug-likeness (QED) is 0.485. The molecule has 0 N–H and O–H groups in total. The van der Waals surface area contributed by atoms with Crippen LogP contribution < -0.4 is 0 Å². The average Bonchev–Trinajstić information content (AvgIpc) is 2.36. The Morgan fingerprint density at radius 2 is 2.00 bits per heavy atom. The van der Waals surface area contributed by atoms with E-state index in [1.165, 1.54) is 7.11 Å². The van der Waals surface area contributed by atoms with E-state index in [1.54, 1.807) is 24.3 Å². The van der Waals surface area contributed by atoms with Crippen LogP contribution in [-0.2, 0) is 4.74 Å². The predicted octanol–water partition coefficient (Wildman–Crippen LogP) is 2.69. The molecule has 1 aromatic rings. The second-order valence-electron chi connectivity index (χ2n) is 3.49. The molecule has 0 aliphatic heterocycles. The third-order valence-electron chi connectivity index (χ3n) is 2.25. The number of benzene rings is 1. The fourth-order valence-corrected chi connectivity index (χ4v) is 1.57. The van der Waals surface area contributed by atoms with Crippen LogP contribution in [0, 0.1) is 5.92 Å². The van der Waals surface area contributed by atoms with Gasteiger partial charge in [0.15, 0.2) is 5.78 Å². The first-order chi connectivity index (χ1) is 7.60. The first-order valence-corrected chi connectivity index (χ1v) is 6.00. The third-order valence-corrected chi connectivity index (χ3v) is 3.22. The lowest BCUT2D eigenvalue weighted by Crippen LogP contribution is -2.13. The maximum atomic E-state index is 11.9. The van der Waals surface area contributed by atoms with Gasteiger partial charge in [0.1, 0.15) is 0 Å². The van der Waals surface area contributed by atoms with Crippen LogP contribution in [0.2, 0.25) is 0 Å². The number of methoxy groups -OCH3 is 1. The molecular formula is C12H13BrO3. The largest absolute Gasteiger partial charge is 0.465 e. The zero-order valence-corrected chi connectivity index (χ0v) is 10.8. The van der Waals surface area contributed by atoms with Crippen molar-refractivity contribution in [2.24, 2.45) is 5.92 Å². The molecule has 0 aliphatic rings. The molecule has 0 aromatic heterocycles. The summed E-state index contributed by atoms with van der Waals surface area (Å²) in [7, 11) is 1.32. The van der Waals surface area contributed by atoms with E-state index in [9.17, 15) is 9.59 Å². The van der Waals surface area contributed by atoms with E-state index in [0.29, 0.717) is 16.5 Å².